The lowest BCUT2D eigenvalue weighted by Crippen LogP contribution is -2.29. The summed E-state index contributed by atoms with van der Waals surface area (Å²) in [7, 11) is 0. The fourth-order valence-corrected chi connectivity index (χ4v) is 2.78. The summed E-state index contributed by atoms with van der Waals surface area (Å²) in [6.45, 7) is 5.46. The largest absolute Gasteiger partial charge is 0.378 e. The fraction of sp³-hybridized carbons (Fsp3) is 0.778. The van der Waals surface area contributed by atoms with Crippen LogP contribution in [0.2, 0.25) is 0 Å². The normalized spacial score (nSPS) is 22.8. The minimum Gasteiger partial charge on any atom is -0.378 e. The van der Waals surface area contributed by atoms with Crippen molar-refractivity contribution in [3.8, 4) is 0 Å². The molecular formula is C9H14BrN3OS. The standard InChI is InChI=1S/C9H14BrN3OS/c1-2-8-11-9(15-12-8)13-3-4-14-6-7(10)5-13/h7H,2-6H2,1H3. The first kappa shape index (κ1) is 11.3. The second-order valence-electron chi connectivity index (χ2n) is 3.46. The molecular weight excluding hydrogens is 278 g/mol. The Morgan fingerprint density at radius 2 is 2.53 bits per heavy atom. The quantitative estimate of drug-likeness (QED) is 0.778. The van der Waals surface area contributed by atoms with Gasteiger partial charge in [0, 0.05) is 31.0 Å². The number of halogens is 1. The Morgan fingerprint density at radius 3 is 3.27 bits per heavy atom. The Kier molecular flexibility index (Phi) is 3.93. The zero-order valence-corrected chi connectivity index (χ0v) is 11.1. The average molecular weight is 292 g/mol. The molecule has 0 spiro atoms. The van der Waals surface area contributed by atoms with Gasteiger partial charge < -0.3 is 9.64 Å². The number of nitrogens with zero attached hydrogens (tertiary/aromatic N) is 3. The molecule has 2 heterocycles. The molecule has 1 fully saturated rings. The van der Waals surface area contributed by atoms with E-state index in [-0.39, 0.29) is 0 Å². The summed E-state index contributed by atoms with van der Waals surface area (Å²) < 4.78 is 9.76. The molecule has 1 aliphatic rings. The molecule has 6 heteroatoms. The molecule has 1 saturated heterocycles. The van der Waals surface area contributed by atoms with Gasteiger partial charge in [0.1, 0.15) is 5.82 Å². The van der Waals surface area contributed by atoms with Crippen molar-refractivity contribution in [2.24, 2.45) is 0 Å². The number of aromatic nitrogens is 2. The maximum absolute atomic E-state index is 5.46. The van der Waals surface area contributed by atoms with Crippen molar-refractivity contribution in [1.82, 2.24) is 9.36 Å². The van der Waals surface area contributed by atoms with Crippen LogP contribution in [0, 0.1) is 0 Å². The second-order valence-corrected chi connectivity index (χ2v) is 5.49. The highest BCUT2D eigenvalue weighted by Crippen LogP contribution is 2.20. The molecule has 0 N–H and O–H groups in total. The molecule has 1 aromatic rings. The van der Waals surface area contributed by atoms with Gasteiger partial charge in [0.05, 0.1) is 18.0 Å². The van der Waals surface area contributed by atoms with Crippen LogP contribution in [0.25, 0.3) is 0 Å². The van der Waals surface area contributed by atoms with E-state index in [4.69, 9.17) is 4.74 Å². The van der Waals surface area contributed by atoms with Crippen LogP contribution in [-0.2, 0) is 11.2 Å². The molecule has 0 saturated carbocycles. The van der Waals surface area contributed by atoms with Gasteiger partial charge in [-0.25, -0.2) is 4.98 Å². The molecule has 15 heavy (non-hydrogen) atoms. The zero-order chi connectivity index (χ0) is 10.7. The number of ether oxygens (including phenoxy) is 1. The van der Waals surface area contributed by atoms with E-state index in [9.17, 15) is 0 Å². The SMILES string of the molecule is CCc1nsc(N2CCOCC(Br)C2)n1. The number of hydrogen-bond donors (Lipinski definition) is 0. The third kappa shape index (κ3) is 2.89. The molecule has 0 amide bonds. The fourth-order valence-electron chi connectivity index (χ4n) is 1.46. The first-order valence-electron chi connectivity index (χ1n) is 5.09. The molecule has 1 aliphatic heterocycles. The number of anilines is 1. The molecule has 84 valence electrons. The van der Waals surface area contributed by atoms with Crippen LogP contribution >= 0.6 is 27.5 Å². The van der Waals surface area contributed by atoms with Crippen molar-refractivity contribution < 1.29 is 4.74 Å². The first-order valence-corrected chi connectivity index (χ1v) is 6.78. The van der Waals surface area contributed by atoms with Crippen LogP contribution < -0.4 is 4.90 Å². The van der Waals surface area contributed by atoms with Crippen molar-refractivity contribution in [2.75, 3.05) is 31.2 Å². The van der Waals surface area contributed by atoms with Crippen molar-refractivity contribution in [3.05, 3.63) is 5.82 Å². The minimum absolute atomic E-state index is 0.383. The topological polar surface area (TPSA) is 38.2 Å². The van der Waals surface area contributed by atoms with Crippen molar-refractivity contribution in [2.45, 2.75) is 18.2 Å². The van der Waals surface area contributed by atoms with Crippen molar-refractivity contribution in [1.29, 1.82) is 0 Å². The molecule has 0 radical (unpaired) electrons. The zero-order valence-electron chi connectivity index (χ0n) is 8.65. The van der Waals surface area contributed by atoms with Gasteiger partial charge in [0.2, 0.25) is 5.13 Å². The highest BCUT2D eigenvalue weighted by Gasteiger charge is 2.19. The Bertz CT molecular complexity index is 320. The first-order chi connectivity index (χ1) is 7.29. The Labute approximate surface area is 102 Å². The average Bonchev–Trinajstić information content (AvgIpc) is 2.61. The van der Waals surface area contributed by atoms with Gasteiger partial charge >= 0.3 is 0 Å². The van der Waals surface area contributed by atoms with E-state index in [2.05, 4.69) is 37.1 Å². The summed E-state index contributed by atoms with van der Waals surface area (Å²) in [6, 6.07) is 0. The van der Waals surface area contributed by atoms with Gasteiger partial charge in [0.15, 0.2) is 0 Å². The van der Waals surface area contributed by atoms with Crippen LogP contribution in [-0.4, -0.2) is 40.5 Å². The molecule has 2 rings (SSSR count). The monoisotopic (exact) mass is 291 g/mol. The maximum Gasteiger partial charge on any atom is 0.205 e. The molecule has 1 unspecified atom stereocenters. The summed E-state index contributed by atoms with van der Waals surface area (Å²) in [4.78, 5) is 7.11. The molecule has 0 bridgehead atoms. The third-order valence-corrected chi connectivity index (χ3v) is 3.64. The van der Waals surface area contributed by atoms with Crippen LogP contribution in [0.4, 0.5) is 5.13 Å². The summed E-state index contributed by atoms with van der Waals surface area (Å²) in [5, 5.41) is 1.02. The van der Waals surface area contributed by atoms with Gasteiger partial charge in [-0.1, -0.05) is 22.9 Å². The molecule has 0 aromatic carbocycles. The number of rotatable bonds is 2. The molecule has 0 aliphatic carbocycles. The summed E-state index contributed by atoms with van der Waals surface area (Å²) in [5.74, 6) is 0.936. The Balaban J connectivity index is 2.07. The van der Waals surface area contributed by atoms with E-state index in [0.29, 0.717) is 4.83 Å². The van der Waals surface area contributed by atoms with Gasteiger partial charge in [-0.15, -0.1) is 0 Å². The molecule has 4 nitrogen and oxygen atoms in total. The van der Waals surface area contributed by atoms with E-state index in [1.54, 1.807) is 0 Å². The van der Waals surface area contributed by atoms with Crippen LogP contribution in [0.5, 0.6) is 0 Å². The molecule has 1 atom stereocenters. The maximum atomic E-state index is 5.46. The van der Waals surface area contributed by atoms with Crippen molar-refractivity contribution >= 4 is 32.6 Å². The van der Waals surface area contributed by atoms with Crippen LogP contribution in [0.15, 0.2) is 0 Å². The van der Waals surface area contributed by atoms with E-state index < -0.39 is 0 Å². The lowest BCUT2D eigenvalue weighted by atomic mass is 10.4. The van der Waals surface area contributed by atoms with E-state index >= 15 is 0 Å². The van der Waals surface area contributed by atoms with E-state index in [1.165, 1.54) is 11.5 Å². The Morgan fingerprint density at radius 1 is 1.67 bits per heavy atom. The third-order valence-electron chi connectivity index (χ3n) is 2.27. The predicted molar refractivity (Wildman–Crippen MR) is 65.0 cm³/mol. The van der Waals surface area contributed by atoms with Gasteiger partial charge in [-0.05, 0) is 0 Å². The lowest BCUT2D eigenvalue weighted by Gasteiger charge is -2.19. The summed E-state index contributed by atoms with van der Waals surface area (Å²) >= 11 is 5.07. The van der Waals surface area contributed by atoms with E-state index in [0.717, 1.165) is 43.7 Å². The molecule has 1 aromatic heterocycles. The Hall–Kier alpha value is -0.200. The summed E-state index contributed by atoms with van der Waals surface area (Å²) in [5.41, 5.74) is 0. The highest BCUT2D eigenvalue weighted by molar-refractivity contribution is 9.09. The second kappa shape index (κ2) is 5.23. The number of hydrogen-bond acceptors (Lipinski definition) is 5. The van der Waals surface area contributed by atoms with Crippen LogP contribution in [0.1, 0.15) is 12.7 Å². The van der Waals surface area contributed by atoms with Crippen LogP contribution in [0.3, 0.4) is 0 Å². The number of alkyl halides is 1. The van der Waals surface area contributed by atoms with Crippen molar-refractivity contribution in [3.63, 3.8) is 0 Å². The predicted octanol–water partition coefficient (Wildman–Crippen LogP) is 1.70. The van der Waals surface area contributed by atoms with E-state index in [1.807, 2.05) is 0 Å². The highest BCUT2D eigenvalue weighted by atomic mass is 79.9. The lowest BCUT2D eigenvalue weighted by molar-refractivity contribution is 0.156. The number of aryl methyl sites for hydroxylation is 1. The van der Waals surface area contributed by atoms with Gasteiger partial charge in [0.25, 0.3) is 0 Å². The summed E-state index contributed by atoms with van der Waals surface area (Å²) in [6.07, 6.45) is 0.901. The van der Waals surface area contributed by atoms with Gasteiger partial charge in [-0.2, -0.15) is 4.37 Å². The minimum atomic E-state index is 0.383. The van der Waals surface area contributed by atoms with Gasteiger partial charge in [-0.3, -0.25) is 0 Å². The smallest absolute Gasteiger partial charge is 0.205 e.